The molecule has 1 aromatic carbocycles. The Hall–Kier alpha value is -3.16. The smallest absolute Gasteiger partial charge is 0.444 e. The number of benzene rings is 1. The molecule has 0 saturated carbocycles. The zero-order valence-electron chi connectivity index (χ0n) is 15.1. The molecule has 0 spiro atoms. The van der Waals surface area contributed by atoms with Crippen LogP contribution in [-0.2, 0) is 16.0 Å². The van der Waals surface area contributed by atoms with Crippen molar-refractivity contribution in [2.45, 2.75) is 32.9 Å². The second-order valence-corrected chi connectivity index (χ2v) is 6.28. The van der Waals surface area contributed by atoms with E-state index in [9.17, 15) is 9.59 Å². The summed E-state index contributed by atoms with van der Waals surface area (Å²) in [5.74, 6) is 0.0177. The molecule has 138 valence electrons. The van der Waals surface area contributed by atoms with Crippen molar-refractivity contribution in [1.29, 1.82) is 0 Å². The van der Waals surface area contributed by atoms with Crippen molar-refractivity contribution in [2.24, 2.45) is 0 Å². The first kappa shape index (κ1) is 19.2. The summed E-state index contributed by atoms with van der Waals surface area (Å²) in [6, 6.07) is 7.25. The van der Waals surface area contributed by atoms with Crippen LogP contribution in [0.25, 0.3) is 11.3 Å². The molecule has 1 heterocycles. The Kier molecular flexibility index (Phi) is 6.11. The second kappa shape index (κ2) is 8.28. The molecule has 0 unspecified atom stereocenters. The summed E-state index contributed by atoms with van der Waals surface area (Å²) >= 11 is 0. The minimum Gasteiger partial charge on any atom is -0.444 e. The van der Waals surface area contributed by atoms with Crippen molar-refractivity contribution < 1.29 is 23.8 Å². The van der Waals surface area contributed by atoms with Gasteiger partial charge in [-0.2, -0.15) is 0 Å². The van der Waals surface area contributed by atoms with Crippen LogP contribution < -0.4 is 10.1 Å². The van der Waals surface area contributed by atoms with Crippen molar-refractivity contribution in [3.05, 3.63) is 42.2 Å². The topological polar surface area (TPSA) is 99.6 Å². The number of alkyl carbamates (subject to hydrolysis) is 1. The third-order valence-corrected chi connectivity index (χ3v) is 3.11. The summed E-state index contributed by atoms with van der Waals surface area (Å²) in [5.41, 5.74) is 1.19. The van der Waals surface area contributed by atoms with E-state index in [4.69, 9.17) is 9.47 Å². The molecule has 1 N–H and O–H groups in total. The Labute approximate surface area is 151 Å². The zero-order chi connectivity index (χ0) is 19.2. The Morgan fingerprint density at radius 3 is 2.50 bits per heavy atom. The quantitative estimate of drug-likeness (QED) is 0.836. The number of nitrogens with zero attached hydrogens (tertiary/aromatic N) is 2. The van der Waals surface area contributed by atoms with Crippen LogP contribution in [0.2, 0.25) is 0 Å². The molecule has 2 rings (SSSR count). The van der Waals surface area contributed by atoms with Crippen LogP contribution >= 0.6 is 0 Å². The Bertz CT molecular complexity index is 786. The molecule has 8 nitrogen and oxygen atoms in total. The maximum Gasteiger partial charge on any atom is 0.514 e. The number of carbonyl (C=O) groups excluding carboxylic acids is 2. The van der Waals surface area contributed by atoms with Crippen molar-refractivity contribution in [3.63, 3.8) is 0 Å². The predicted octanol–water partition coefficient (Wildman–Crippen LogP) is 3.31. The summed E-state index contributed by atoms with van der Waals surface area (Å²) in [6.07, 6.45) is 1.47. The monoisotopic (exact) mass is 359 g/mol. The van der Waals surface area contributed by atoms with E-state index in [-0.39, 0.29) is 12.4 Å². The van der Waals surface area contributed by atoms with E-state index in [1.807, 2.05) is 18.2 Å². The SMILES string of the molecule is COC(=O)Oc1nccnc1-c1ccccc1CNC(=O)OC(C)(C)C. The van der Waals surface area contributed by atoms with Crippen LogP contribution in [-0.4, -0.2) is 34.9 Å². The summed E-state index contributed by atoms with van der Waals surface area (Å²) in [4.78, 5) is 31.6. The number of amides is 1. The molecule has 1 amide bonds. The van der Waals surface area contributed by atoms with Crippen LogP contribution in [0.3, 0.4) is 0 Å². The van der Waals surface area contributed by atoms with Gasteiger partial charge in [-0.1, -0.05) is 24.3 Å². The lowest BCUT2D eigenvalue weighted by Crippen LogP contribution is -2.32. The third kappa shape index (κ3) is 5.44. The molecule has 0 saturated heterocycles. The summed E-state index contributed by atoms with van der Waals surface area (Å²) in [7, 11) is 1.21. The van der Waals surface area contributed by atoms with E-state index in [0.29, 0.717) is 11.3 Å². The number of hydrogen-bond donors (Lipinski definition) is 1. The maximum absolute atomic E-state index is 11.9. The van der Waals surface area contributed by atoms with Crippen molar-refractivity contribution in [1.82, 2.24) is 15.3 Å². The van der Waals surface area contributed by atoms with E-state index >= 15 is 0 Å². The highest BCUT2D eigenvalue weighted by Gasteiger charge is 2.18. The molecular formula is C18H21N3O5. The molecule has 0 aliphatic carbocycles. The van der Waals surface area contributed by atoms with Gasteiger partial charge in [0.2, 0.25) is 0 Å². The number of carbonyl (C=O) groups is 2. The fourth-order valence-electron chi connectivity index (χ4n) is 2.09. The summed E-state index contributed by atoms with van der Waals surface area (Å²) < 4.78 is 14.8. The molecule has 2 aromatic rings. The molecule has 0 aliphatic heterocycles. The Morgan fingerprint density at radius 2 is 1.81 bits per heavy atom. The van der Waals surface area contributed by atoms with Crippen LogP contribution in [0.1, 0.15) is 26.3 Å². The largest absolute Gasteiger partial charge is 0.514 e. The van der Waals surface area contributed by atoms with Gasteiger partial charge in [0, 0.05) is 24.5 Å². The van der Waals surface area contributed by atoms with Gasteiger partial charge in [-0.15, -0.1) is 0 Å². The molecule has 0 radical (unpaired) electrons. The van der Waals surface area contributed by atoms with E-state index in [2.05, 4.69) is 20.0 Å². The molecule has 0 bridgehead atoms. The van der Waals surface area contributed by atoms with Crippen LogP contribution in [0, 0.1) is 0 Å². The highest BCUT2D eigenvalue weighted by molar-refractivity contribution is 5.73. The number of methoxy groups -OCH3 is 1. The van der Waals surface area contributed by atoms with E-state index < -0.39 is 17.8 Å². The van der Waals surface area contributed by atoms with Crippen molar-refractivity contribution >= 4 is 12.2 Å². The average Bonchev–Trinajstić information content (AvgIpc) is 2.59. The molecule has 0 atom stereocenters. The fraction of sp³-hybridized carbons (Fsp3) is 0.333. The van der Waals surface area contributed by atoms with E-state index in [1.54, 1.807) is 26.8 Å². The number of hydrogen-bond acceptors (Lipinski definition) is 7. The summed E-state index contributed by atoms with van der Waals surface area (Å²) in [6.45, 7) is 5.57. The Balaban J connectivity index is 2.24. The minimum absolute atomic E-state index is 0.0177. The molecule has 26 heavy (non-hydrogen) atoms. The van der Waals surface area contributed by atoms with Gasteiger partial charge >= 0.3 is 12.2 Å². The van der Waals surface area contributed by atoms with Crippen molar-refractivity contribution in [3.8, 4) is 17.1 Å². The number of aromatic nitrogens is 2. The van der Waals surface area contributed by atoms with Gasteiger partial charge in [0.1, 0.15) is 11.3 Å². The highest BCUT2D eigenvalue weighted by atomic mass is 16.7. The first-order chi connectivity index (χ1) is 12.3. The van der Waals surface area contributed by atoms with Gasteiger partial charge in [-0.25, -0.2) is 19.6 Å². The van der Waals surface area contributed by atoms with Gasteiger partial charge < -0.3 is 19.5 Å². The van der Waals surface area contributed by atoms with E-state index in [1.165, 1.54) is 19.5 Å². The van der Waals surface area contributed by atoms with Gasteiger partial charge in [0.15, 0.2) is 0 Å². The Morgan fingerprint density at radius 1 is 1.12 bits per heavy atom. The number of ether oxygens (including phenoxy) is 3. The van der Waals surface area contributed by atoms with Gasteiger partial charge in [-0.3, -0.25) is 0 Å². The normalized spacial score (nSPS) is 10.8. The van der Waals surface area contributed by atoms with Crippen LogP contribution in [0.5, 0.6) is 5.88 Å². The van der Waals surface area contributed by atoms with Crippen molar-refractivity contribution in [2.75, 3.05) is 7.11 Å². The van der Waals surface area contributed by atoms with Crippen LogP contribution in [0.4, 0.5) is 9.59 Å². The lowest BCUT2D eigenvalue weighted by Gasteiger charge is -2.20. The standard InChI is InChI=1S/C18H21N3O5/c1-18(2,3)26-16(22)21-11-12-7-5-6-8-13(12)14-15(20-10-9-19-14)25-17(23)24-4/h5-10H,11H2,1-4H3,(H,21,22). The van der Waals surface area contributed by atoms with E-state index in [0.717, 1.165) is 5.56 Å². The predicted molar refractivity (Wildman–Crippen MR) is 93.6 cm³/mol. The van der Waals surface area contributed by atoms with Gasteiger partial charge in [0.25, 0.3) is 5.88 Å². The summed E-state index contributed by atoms with van der Waals surface area (Å²) in [5, 5.41) is 2.70. The van der Waals surface area contributed by atoms with Gasteiger partial charge in [-0.05, 0) is 26.3 Å². The van der Waals surface area contributed by atoms with Crippen LogP contribution in [0.15, 0.2) is 36.7 Å². The molecule has 8 heteroatoms. The second-order valence-electron chi connectivity index (χ2n) is 6.28. The molecule has 1 aromatic heterocycles. The highest BCUT2D eigenvalue weighted by Crippen LogP contribution is 2.28. The number of nitrogens with one attached hydrogen (secondary N) is 1. The number of rotatable bonds is 4. The first-order valence-corrected chi connectivity index (χ1v) is 7.92. The molecule has 0 aliphatic rings. The lowest BCUT2D eigenvalue weighted by molar-refractivity contribution is 0.0523. The zero-order valence-corrected chi connectivity index (χ0v) is 15.1. The fourth-order valence-corrected chi connectivity index (χ4v) is 2.09. The third-order valence-electron chi connectivity index (χ3n) is 3.11. The first-order valence-electron chi connectivity index (χ1n) is 7.92. The lowest BCUT2D eigenvalue weighted by atomic mass is 10.0. The molecule has 0 fully saturated rings. The minimum atomic E-state index is -0.892. The van der Waals surface area contributed by atoms with Gasteiger partial charge in [0.05, 0.1) is 7.11 Å². The molecular weight excluding hydrogens is 338 g/mol. The maximum atomic E-state index is 11.9. The average molecular weight is 359 g/mol.